The maximum absolute atomic E-state index is 10.1. The van der Waals surface area contributed by atoms with Gasteiger partial charge in [-0.1, -0.05) is 0 Å². The summed E-state index contributed by atoms with van der Waals surface area (Å²) in [4.78, 5) is 10.1. The van der Waals surface area contributed by atoms with Crippen molar-refractivity contribution in [3.8, 4) is 0 Å². The number of nitrogens with two attached hydrogens (primary N) is 1. The SMILES string of the molecule is C[Se]SC[C@H](N)C(=O)O. The first kappa shape index (κ1) is 9.30. The molecule has 0 aromatic carbocycles. The predicted molar refractivity (Wildman–Crippen MR) is 39.7 cm³/mol. The van der Waals surface area contributed by atoms with Gasteiger partial charge >= 0.3 is 63.2 Å². The van der Waals surface area contributed by atoms with Crippen LogP contribution in [0, 0.1) is 0 Å². The molecule has 0 amide bonds. The van der Waals surface area contributed by atoms with Crippen molar-refractivity contribution >= 4 is 30.0 Å². The molecule has 0 heterocycles. The van der Waals surface area contributed by atoms with Gasteiger partial charge in [0, 0.05) is 0 Å². The number of carbonyl (C=O) groups is 1. The molecule has 3 nitrogen and oxygen atoms in total. The van der Waals surface area contributed by atoms with Gasteiger partial charge in [0.2, 0.25) is 0 Å². The Morgan fingerprint density at radius 3 is 2.89 bits per heavy atom. The zero-order chi connectivity index (χ0) is 7.28. The third kappa shape index (κ3) is 4.78. The van der Waals surface area contributed by atoms with Crippen molar-refractivity contribution in [3.05, 3.63) is 0 Å². The number of hydrogen-bond acceptors (Lipinski definition) is 3. The van der Waals surface area contributed by atoms with Gasteiger partial charge in [0.15, 0.2) is 0 Å². The van der Waals surface area contributed by atoms with Crippen molar-refractivity contribution in [3.63, 3.8) is 0 Å². The molecule has 0 aliphatic rings. The topological polar surface area (TPSA) is 63.3 Å². The molecular formula is C4H9NO2SSe. The van der Waals surface area contributed by atoms with Crippen LogP contribution >= 0.6 is 10.2 Å². The summed E-state index contributed by atoms with van der Waals surface area (Å²) in [6.45, 7) is 0. The van der Waals surface area contributed by atoms with E-state index < -0.39 is 12.0 Å². The fourth-order valence-corrected chi connectivity index (χ4v) is 2.42. The number of carboxylic acids is 1. The van der Waals surface area contributed by atoms with E-state index in [1.807, 2.05) is 5.82 Å². The van der Waals surface area contributed by atoms with E-state index in [1.165, 1.54) is 0 Å². The van der Waals surface area contributed by atoms with Gasteiger partial charge in [0.25, 0.3) is 0 Å². The molecule has 0 bridgehead atoms. The summed E-state index contributed by atoms with van der Waals surface area (Å²) < 4.78 is 0. The molecule has 0 unspecified atom stereocenters. The monoisotopic (exact) mass is 215 g/mol. The molecule has 9 heavy (non-hydrogen) atoms. The first-order valence-electron chi connectivity index (χ1n) is 2.32. The summed E-state index contributed by atoms with van der Waals surface area (Å²) in [5.41, 5.74) is 5.19. The van der Waals surface area contributed by atoms with E-state index in [0.717, 1.165) is 0 Å². The molecule has 0 rings (SSSR count). The van der Waals surface area contributed by atoms with Gasteiger partial charge in [-0.15, -0.1) is 0 Å². The van der Waals surface area contributed by atoms with Crippen LogP contribution < -0.4 is 5.73 Å². The third-order valence-electron chi connectivity index (χ3n) is 0.683. The molecular weight excluding hydrogens is 205 g/mol. The van der Waals surface area contributed by atoms with Crippen molar-refractivity contribution in [2.24, 2.45) is 5.73 Å². The average molecular weight is 214 g/mol. The Hall–Kier alpha value is 0.299. The molecule has 5 heteroatoms. The molecule has 0 radical (unpaired) electrons. The van der Waals surface area contributed by atoms with Gasteiger partial charge in [0.1, 0.15) is 0 Å². The van der Waals surface area contributed by atoms with Crippen LogP contribution in [0.15, 0.2) is 0 Å². The summed E-state index contributed by atoms with van der Waals surface area (Å²) in [5, 5.41) is 8.28. The fourth-order valence-electron chi connectivity index (χ4n) is 0.213. The number of hydrogen-bond donors (Lipinski definition) is 2. The third-order valence-corrected chi connectivity index (χ3v) is 3.75. The van der Waals surface area contributed by atoms with E-state index in [1.54, 1.807) is 10.2 Å². The Morgan fingerprint density at radius 2 is 2.56 bits per heavy atom. The van der Waals surface area contributed by atoms with Crippen molar-refractivity contribution in [1.82, 2.24) is 0 Å². The predicted octanol–water partition coefficient (Wildman–Crippen LogP) is -0.201. The zero-order valence-electron chi connectivity index (χ0n) is 5.03. The number of rotatable bonds is 4. The van der Waals surface area contributed by atoms with Crippen LogP contribution in [0.3, 0.4) is 0 Å². The van der Waals surface area contributed by atoms with E-state index in [2.05, 4.69) is 0 Å². The van der Waals surface area contributed by atoms with Gasteiger partial charge in [0.05, 0.1) is 0 Å². The molecule has 1 atom stereocenters. The van der Waals surface area contributed by atoms with Gasteiger partial charge < -0.3 is 0 Å². The van der Waals surface area contributed by atoms with E-state index in [4.69, 9.17) is 10.8 Å². The van der Waals surface area contributed by atoms with Crippen LogP contribution in [0.1, 0.15) is 0 Å². The van der Waals surface area contributed by atoms with Crippen LogP contribution in [0.25, 0.3) is 0 Å². The Bertz CT molecular complexity index is 101. The van der Waals surface area contributed by atoms with Gasteiger partial charge in [-0.25, -0.2) is 0 Å². The Labute approximate surface area is 63.6 Å². The molecule has 0 aromatic rings. The first-order valence-corrected chi connectivity index (χ1v) is 7.04. The molecule has 0 aliphatic carbocycles. The van der Waals surface area contributed by atoms with E-state index >= 15 is 0 Å². The average Bonchev–Trinajstić information content (AvgIpc) is 1.82. The molecule has 3 N–H and O–H groups in total. The first-order chi connectivity index (χ1) is 4.18. The quantitative estimate of drug-likeness (QED) is 0.636. The molecule has 0 spiro atoms. The van der Waals surface area contributed by atoms with Gasteiger partial charge in [-0.3, -0.25) is 0 Å². The second kappa shape index (κ2) is 5.11. The van der Waals surface area contributed by atoms with Crippen molar-refractivity contribution < 1.29 is 9.90 Å². The molecule has 54 valence electrons. The van der Waals surface area contributed by atoms with E-state index in [0.29, 0.717) is 19.6 Å². The van der Waals surface area contributed by atoms with Crippen LogP contribution in [0.2, 0.25) is 5.82 Å². The van der Waals surface area contributed by atoms with Crippen LogP contribution in [0.5, 0.6) is 0 Å². The summed E-state index contributed by atoms with van der Waals surface area (Å²) in [6.07, 6.45) is 0. The maximum atomic E-state index is 10.1. The summed E-state index contributed by atoms with van der Waals surface area (Å²) in [7, 11) is 1.60. The summed E-state index contributed by atoms with van der Waals surface area (Å²) >= 11 is 0.465. The summed E-state index contributed by atoms with van der Waals surface area (Å²) in [5.74, 6) is 1.66. The molecule has 0 aromatic heterocycles. The van der Waals surface area contributed by atoms with Crippen molar-refractivity contribution in [2.45, 2.75) is 11.9 Å². The molecule has 0 saturated carbocycles. The molecule has 0 aliphatic heterocycles. The Kier molecular flexibility index (Phi) is 5.28. The second-order valence-electron chi connectivity index (χ2n) is 1.40. The standard InChI is InChI=1S/C4H9NO2SSe/c1-9-8-2-3(5)4(6)7/h3H,2,5H2,1H3,(H,6,7)/t3-/m0/s1. The van der Waals surface area contributed by atoms with Crippen molar-refractivity contribution in [1.29, 1.82) is 0 Å². The van der Waals surface area contributed by atoms with Crippen LogP contribution in [-0.4, -0.2) is 36.7 Å². The Morgan fingerprint density at radius 1 is 2.00 bits per heavy atom. The van der Waals surface area contributed by atoms with Gasteiger partial charge in [-0.2, -0.15) is 0 Å². The molecule has 0 fully saturated rings. The van der Waals surface area contributed by atoms with Crippen LogP contribution in [-0.2, 0) is 4.79 Å². The molecule has 0 saturated heterocycles. The van der Waals surface area contributed by atoms with Crippen molar-refractivity contribution in [2.75, 3.05) is 5.75 Å². The van der Waals surface area contributed by atoms with E-state index in [-0.39, 0.29) is 0 Å². The number of aliphatic carboxylic acids is 1. The van der Waals surface area contributed by atoms with Gasteiger partial charge in [-0.05, 0) is 0 Å². The van der Waals surface area contributed by atoms with E-state index in [9.17, 15) is 4.79 Å². The minimum atomic E-state index is -0.910. The number of carboxylic acid groups (broad SMARTS) is 1. The fraction of sp³-hybridized carbons (Fsp3) is 0.750. The zero-order valence-corrected chi connectivity index (χ0v) is 7.56. The van der Waals surface area contributed by atoms with Crippen LogP contribution in [0.4, 0.5) is 0 Å². The minimum absolute atomic E-state index is 0.465. The summed E-state index contributed by atoms with van der Waals surface area (Å²) in [6, 6.07) is -0.683. The Balaban J connectivity index is 3.27. The normalized spacial score (nSPS) is 13.1. The second-order valence-corrected chi connectivity index (χ2v) is 5.88.